The molecule has 1 unspecified atom stereocenters. The summed E-state index contributed by atoms with van der Waals surface area (Å²) in [6, 6.07) is 19.2. The van der Waals surface area contributed by atoms with Crippen LogP contribution in [0.5, 0.6) is 0 Å². The van der Waals surface area contributed by atoms with Crippen molar-refractivity contribution in [3.05, 3.63) is 84.3 Å². The molecule has 1 fully saturated rings. The molecular weight excluding hydrogens is 306 g/mol. The summed E-state index contributed by atoms with van der Waals surface area (Å²) in [6.07, 6.45) is 7.95. The zero-order valence-corrected chi connectivity index (χ0v) is 14.4. The van der Waals surface area contributed by atoms with E-state index in [2.05, 4.69) is 57.3 Å². The Morgan fingerprint density at radius 3 is 2.64 bits per heavy atom. The van der Waals surface area contributed by atoms with Gasteiger partial charge >= 0.3 is 0 Å². The van der Waals surface area contributed by atoms with Gasteiger partial charge in [-0.1, -0.05) is 30.3 Å². The Labute approximate surface area is 149 Å². The van der Waals surface area contributed by atoms with Crippen LogP contribution in [-0.4, -0.2) is 34.5 Å². The van der Waals surface area contributed by atoms with Gasteiger partial charge in [0.25, 0.3) is 0 Å². The topological polar surface area (TPSA) is 29.0 Å². The van der Waals surface area contributed by atoms with Gasteiger partial charge in [0.1, 0.15) is 0 Å². The maximum atomic E-state index is 4.53. The summed E-state index contributed by atoms with van der Waals surface area (Å²) in [5.74, 6) is 0.611. The smallest absolute Gasteiger partial charge is 0.0705 e. The summed E-state index contributed by atoms with van der Waals surface area (Å²) >= 11 is 0. The van der Waals surface area contributed by atoms with Crippen LogP contribution in [0.3, 0.4) is 0 Å². The van der Waals surface area contributed by atoms with Gasteiger partial charge in [0.15, 0.2) is 0 Å². The number of hydrogen-bond donors (Lipinski definition) is 0. The zero-order chi connectivity index (χ0) is 16.9. The maximum Gasteiger partial charge on any atom is 0.0705 e. The predicted octanol–water partition coefficient (Wildman–Crippen LogP) is 4.18. The normalized spacial score (nSPS) is 17.7. The molecule has 1 atom stereocenters. The standard InChI is InChI=1S/C22H23N3/c1-2-4-18(5-3-1)9-14-25-15-10-21(17-25)20-8-13-24-22(16-20)19-6-11-23-12-7-19/h1-8,11-13,16,21H,9-10,14-15,17H2. The first-order valence-corrected chi connectivity index (χ1v) is 9.01. The molecule has 3 heterocycles. The van der Waals surface area contributed by atoms with Crippen molar-refractivity contribution in [3.8, 4) is 11.3 Å². The minimum absolute atomic E-state index is 0.611. The summed E-state index contributed by atoms with van der Waals surface area (Å²) in [7, 11) is 0. The van der Waals surface area contributed by atoms with Crippen molar-refractivity contribution in [3.63, 3.8) is 0 Å². The molecule has 0 radical (unpaired) electrons. The summed E-state index contributed by atoms with van der Waals surface area (Å²) in [4.78, 5) is 11.2. The lowest BCUT2D eigenvalue weighted by Gasteiger charge is -2.16. The van der Waals surface area contributed by atoms with Crippen LogP contribution in [-0.2, 0) is 6.42 Å². The molecule has 0 bridgehead atoms. The third-order valence-electron chi connectivity index (χ3n) is 5.06. The fraction of sp³-hybridized carbons (Fsp3) is 0.273. The summed E-state index contributed by atoms with van der Waals surface area (Å²) < 4.78 is 0. The van der Waals surface area contributed by atoms with Crippen molar-refractivity contribution in [1.29, 1.82) is 0 Å². The van der Waals surface area contributed by atoms with E-state index < -0.39 is 0 Å². The first-order chi connectivity index (χ1) is 12.4. The molecule has 0 amide bonds. The van der Waals surface area contributed by atoms with Gasteiger partial charge < -0.3 is 4.90 Å². The lowest BCUT2D eigenvalue weighted by atomic mass is 9.97. The van der Waals surface area contributed by atoms with Crippen LogP contribution in [0.1, 0.15) is 23.5 Å². The molecule has 0 aliphatic carbocycles. The molecule has 3 aromatic rings. The molecule has 25 heavy (non-hydrogen) atoms. The average Bonchev–Trinajstić information content (AvgIpc) is 3.17. The first-order valence-electron chi connectivity index (χ1n) is 9.01. The van der Waals surface area contributed by atoms with E-state index in [9.17, 15) is 0 Å². The monoisotopic (exact) mass is 329 g/mol. The van der Waals surface area contributed by atoms with Crippen LogP contribution >= 0.6 is 0 Å². The minimum atomic E-state index is 0.611. The Kier molecular flexibility index (Phi) is 4.84. The van der Waals surface area contributed by atoms with E-state index in [1.54, 1.807) is 0 Å². The van der Waals surface area contributed by atoms with E-state index in [0.29, 0.717) is 5.92 Å². The summed E-state index contributed by atoms with van der Waals surface area (Å²) in [5.41, 5.74) is 5.01. The van der Waals surface area contributed by atoms with Gasteiger partial charge in [-0.15, -0.1) is 0 Å². The van der Waals surface area contributed by atoms with Gasteiger partial charge in [-0.05, 0) is 60.7 Å². The zero-order valence-electron chi connectivity index (χ0n) is 14.4. The second-order valence-corrected chi connectivity index (χ2v) is 6.73. The highest BCUT2D eigenvalue weighted by atomic mass is 15.1. The largest absolute Gasteiger partial charge is 0.302 e. The minimum Gasteiger partial charge on any atom is -0.302 e. The van der Waals surface area contributed by atoms with Crippen molar-refractivity contribution in [2.75, 3.05) is 19.6 Å². The quantitative estimate of drug-likeness (QED) is 0.703. The van der Waals surface area contributed by atoms with E-state index in [0.717, 1.165) is 30.8 Å². The second-order valence-electron chi connectivity index (χ2n) is 6.73. The molecule has 1 aliphatic heterocycles. The number of pyridine rings is 2. The molecule has 3 nitrogen and oxygen atoms in total. The highest BCUT2D eigenvalue weighted by Crippen LogP contribution is 2.29. The number of likely N-dealkylation sites (tertiary alicyclic amines) is 1. The van der Waals surface area contributed by atoms with Crippen LogP contribution in [0.4, 0.5) is 0 Å². The van der Waals surface area contributed by atoms with Crippen molar-refractivity contribution in [2.24, 2.45) is 0 Å². The van der Waals surface area contributed by atoms with Gasteiger partial charge in [0.2, 0.25) is 0 Å². The van der Waals surface area contributed by atoms with Crippen LogP contribution in [0.15, 0.2) is 73.2 Å². The summed E-state index contributed by atoms with van der Waals surface area (Å²) in [6.45, 7) is 3.47. The van der Waals surface area contributed by atoms with Crippen molar-refractivity contribution in [2.45, 2.75) is 18.8 Å². The van der Waals surface area contributed by atoms with Crippen LogP contribution in [0.25, 0.3) is 11.3 Å². The second kappa shape index (κ2) is 7.58. The molecule has 1 aromatic carbocycles. The number of benzene rings is 1. The fourth-order valence-corrected chi connectivity index (χ4v) is 3.62. The van der Waals surface area contributed by atoms with Crippen LogP contribution < -0.4 is 0 Å². The van der Waals surface area contributed by atoms with E-state index in [1.165, 1.54) is 24.1 Å². The van der Waals surface area contributed by atoms with Gasteiger partial charge in [-0.2, -0.15) is 0 Å². The van der Waals surface area contributed by atoms with Crippen LogP contribution in [0, 0.1) is 0 Å². The molecular formula is C22H23N3. The van der Waals surface area contributed by atoms with E-state index in [4.69, 9.17) is 0 Å². The Balaban J connectivity index is 1.40. The SMILES string of the molecule is c1ccc(CCN2CCC(c3ccnc(-c4ccncc4)c3)C2)cc1. The Bertz CT molecular complexity index is 802. The highest BCUT2D eigenvalue weighted by Gasteiger charge is 2.23. The molecule has 4 rings (SSSR count). The Morgan fingerprint density at radius 1 is 0.960 bits per heavy atom. The van der Waals surface area contributed by atoms with E-state index in [-0.39, 0.29) is 0 Å². The van der Waals surface area contributed by atoms with Gasteiger partial charge in [-0.25, -0.2) is 0 Å². The van der Waals surface area contributed by atoms with Gasteiger partial charge in [0, 0.05) is 37.2 Å². The lowest BCUT2D eigenvalue weighted by Crippen LogP contribution is -2.23. The Morgan fingerprint density at radius 2 is 1.80 bits per heavy atom. The third kappa shape index (κ3) is 3.94. The molecule has 3 heteroatoms. The number of hydrogen-bond acceptors (Lipinski definition) is 3. The molecule has 1 aliphatic rings. The number of rotatable bonds is 5. The molecule has 1 saturated heterocycles. The predicted molar refractivity (Wildman–Crippen MR) is 101 cm³/mol. The average molecular weight is 329 g/mol. The lowest BCUT2D eigenvalue weighted by molar-refractivity contribution is 0.339. The number of nitrogens with zero attached hydrogens (tertiary/aromatic N) is 3. The van der Waals surface area contributed by atoms with Crippen molar-refractivity contribution >= 4 is 0 Å². The van der Waals surface area contributed by atoms with Crippen LogP contribution in [0.2, 0.25) is 0 Å². The Hall–Kier alpha value is -2.52. The molecule has 126 valence electrons. The van der Waals surface area contributed by atoms with Crippen molar-refractivity contribution < 1.29 is 0 Å². The van der Waals surface area contributed by atoms with Crippen molar-refractivity contribution in [1.82, 2.24) is 14.9 Å². The molecule has 0 saturated carbocycles. The van der Waals surface area contributed by atoms with E-state index in [1.807, 2.05) is 30.7 Å². The maximum absolute atomic E-state index is 4.53. The van der Waals surface area contributed by atoms with Gasteiger partial charge in [-0.3, -0.25) is 9.97 Å². The van der Waals surface area contributed by atoms with E-state index >= 15 is 0 Å². The highest BCUT2D eigenvalue weighted by molar-refractivity contribution is 5.59. The first kappa shape index (κ1) is 16.0. The molecule has 0 spiro atoms. The van der Waals surface area contributed by atoms with Gasteiger partial charge in [0.05, 0.1) is 5.69 Å². The summed E-state index contributed by atoms with van der Waals surface area (Å²) in [5, 5.41) is 0. The third-order valence-corrected chi connectivity index (χ3v) is 5.06. The molecule has 0 N–H and O–H groups in total. The fourth-order valence-electron chi connectivity index (χ4n) is 3.62. The number of aromatic nitrogens is 2. The molecule has 2 aromatic heterocycles.